The molecule has 13 heavy (non-hydrogen) atoms. The Bertz CT molecular complexity index is 205. The number of esters is 1. The van der Waals surface area contributed by atoms with Crippen molar-refractivity contribution in [3.8, 4) is 0 Å². The summed E-state index contributed by atoms with van der Waals surface area (Å²) in [6.07, 6.45) is -0.102. The van der Waals surface area contributed by atoms with Gasteiger partial charge < -0.3 is 4.74 Å². The van der Waals surface area contributed by atoms with Gasteiger partial charge in [0, 0.05) is 0 Å². The van der Waals surface area contributed by atoms with Crippen LogP contribution in [0.4, 0.5) is 0 Å². The fraction of sp³-hybridized carbons (Fsp3) is 0.778. The maximum atomic E-state index is 11.1. The summed E-state index contributed by atoms with van der Waals surface area (Å²) in [5, 5.41) is 0. The van der Waals surface area contributed by atoms with E-state index in [2.05, 4.69) is 19.6 Å². The lowest BCUT2D eigenvalue weighted by Gasteiger charge is -2.24. The van der Waals surface area contributed by atoms with E-state index >= 15 is 0 Å². The molecule has 0 aromatic rings. The fourth-order valence-electron chi connectivity index (χ4n) is 0.619. The first-order chi connectivity index (χ1) is 5.73. The van der Waals surface area contributed by atoms with Crippen molar-refractivity contribution in [3.63, 3.8) is 0 Å². The van der Waals surface area contributed by atoms with Crippen LogP contribution in [0.15, 0.2) is 0 Å². The number of ether oxygens (including phenoxy) is 1. The average molecular weight is 202 g/mol. The van der Waals surface area contributed by atoms with Gasteiger partial charge in [0.2, 0.25) is 0 Å². The first-order valence-corrected chi connectivity index (χ1v) is 8.00. The highest BCUT2D eigenvalue weighted by atomic mass is 28.3. The summed E-state index contributed by atoms with van der Waals surface area (Å²) in [7, 11) is -1.43. The summed E-state index contributed by atoms with van der Waals surface area (Å²) >= 11 is 0. The van der Waals surface area contributed by atoms with Crippen LogP contribution in [-0.2, 0) is 14.3 Å². The quantitative estimate of drug-likeness (QED) is 0.396. The van der Waals surface area contributed by atoms with Crippen LogP contribution in [-0.4, -0.2) is 25.6 Å². The Morgan fingerprint density at radius 2 is 1.77 bits per heavy atom. The van der Waals surface area contributed by atoms with Gasteiger partial charge in [-0.15, -0.1) is 0 Å². The van der Waals surface area contributed by atoms with Crippen LogP contribution in [0.25, 0.3) is 0 Å². The largest absolute Gasteiger partial charge is 0.466 e. The van der Waals surface area contributed by atoms with E-state index < -0.39 is 14.0 Å². The third-order valence-electron chi connectivity index (χ3n) is 1.92. The van der Waals surface area contributed by atoms with E-state index in [4.69, 9.17) is 4.74 Å². The van der Waals surface area contributed by atoms with E-state index in [1.165, 1.54) is 6.92 Å². The first kappa shape index (κ1) is 12.4. The van der Waals surface area contributed by atoms with E-state index in [1.807, 2.05) is 6.92 Å². The number of Topliss-reactive ketones (excluding diaryl/α,β-unsaturated/α-hetero) is 1. The predicted octanol–water partition coefficient (Wildman–Crippen LogP) is 1.77. The van der Waals surface area contributed by atoms with Gasteiger partial charge in [-0.3, -0.25) is 9.59 Å². The second-order valence-electron chi connectivity index (χ2n) is 4.38. The molecule has 1 atom stereocenters. The lowest BCUT2D eigenvalue weighted by molar-refractivity contribution is -0.147. The van der Waals surface area contributed by atoms with Crippen molar-refractivity contribution in [3.05, 3.63) is 0 Å². The van der Waals surface area contributed by atoms with Gasteiger partial charge in [-0.2, -0.15) is 0 Å². The van der Waals surface area contributed by atoms with Crippen LogP contribution in [0.2, 0.25) is 19.6 Å². The zero-order valence-electron chi connectivity index (χ0n) is 9.01. The topological polar surface area (TPSA) is 43.4 Å². The number of rotatable bonds is 4. The normalized spacial score (nSPS) is 13.6. The Kier molecular flexibility index (Phi) is 4.33. The summed E-state index contributed by atoms with van der Waals surface area (Å²) in [4.78, 5) is 21.7. The van der Waals surface area contributed by atoms with Crippen molar-refractivity contribution in [2.24, 2.45) is 0 Å². The summed E-state index contributed by atoms with van der Waals surface area (Å²) < 4.78 is 5.13. The monoisotopic (exact) mass is 202 g/mol. The summed E-state index contributed by atoms with van der Waals surface area (Å²) in [5.74, 6) is -0.546. The van der Waals surface area contributed by atoms with Crippen molar-refractivity contribution >= 4 is 19.8 Å². The molecular weight excluding hydrogens is 184 g/mol. The predicted molar refractivity (Wildman–Crippen MR) is 54.2 cm³/mol. The third-order valence-corrected chi connectivity index (χ3v) is 4.48. The van der Waals surface area contributed by atoms with Gasteiger partial charge in [-0.25, -0.2) is 0 Å². The lowest BCUT2D eigenvalue weighted by Crippen LogP contribution is -2.39. The molecule has 0 aliphatic carbocycles. The van der Waals surface area contributed by atoms with E-state index in [1.54, 1.807) is 0 Å². The molecule has 0 aliphatic heterocycles. The Balaban J connectivity index is 4.00. The van der Waals surface area contributed by atoms with Crippen molar-refractivity contribution in [1.29, 1.82) is 0 Å². The first-order valence-electron chi connectivity index (χ1n) is 4.42. The van der Waals surface area contributed by atoms with Crippen LogP contribution in [0, 0.1) is 0 Å². The minimum atomic E-state index is -1.43. The fourth-order valence-corrected chi connectivity index (χ4v) is 1.10. The molecule has 0 fully saturated rings. The van der Waals surface area contributed by atoms with Gasteiger partial charge in [0.1, 0.15) is 12.2 Å². The van der Waals surface area contributed by atoms with Crippen LogP contribution >= 0.6 is 0 Å². The van der Waals surface area contributed by atoms with Crippen molar-refractivity contribution in [1.82, 2.24) is 0 Å². The number of hydrogen-bond acceptors (Lipinski definition) is 3. The Hall–Kier alpha value is -0.643. The molecule has 3 nitrogen and oxygen atoms in total. The SMILES string of the molecule is CC(=O)CC(=O)OC(C)[Si](C)(C)C. The maximum absolute atomic E-state index is 11.1. The van der Waals surface area contributed by atoms with Crippen molar-refractivity contribution in [2.75, 3.05) is 0 Å². The highest BCUT2D eigenvalue weighted by Gasteiger charge is 2.26. The van der Waals surface area contributed by atoms with Gasteiger partial charge in [0.25, 0.3) is 0 Å². The number of hydrogen-bond donors (Lipinski definition) is 0. The Morgan fingerprint density at radius 3 is 2.08 bits per heavy atom. The van der Waals surface area contributed by atoms with E-state index in [-0.39, 0.29) is 17.9 Å². The molecule has 0 bridgehead atoms. The molecule has 1 unspecified atom stereocenters. The molecule has 0 aromatic heterocycles. The molecule has 0 radical (unpaired) electrons. The van der Waals surface area contributed by atoms with Crippen molar-refractivity contribution < 1.29 is 14.3 Å². The molecule has 0 amide bonds. The summed E-state index contributed by atoms with van der Waals surface area (Å²) in [6, 6.07) is 0. The molecule has 0 heterocycles. The number of ketones is 1. The standard InChI is InChI=1S/C9H18O3Si/c1-7(10)6-9(11)12-8(2)13(3,4)5/h8H,6H2,1-5H3. The Labute approximate surface area is 80.5 Å². The zero-order chi connectivity index (χ0) is 10.6. The number of carbonyl (C=O) groups is 2. The van der Waals surface area contributed by atoms with Crippen LogP contribution in [0.1, 0.15) is 20.3 Å². The summed E-state index contributed by atoms with van der Waals surface area (Å²) in [6.45, 7) is 9.65. The molecular formula is C9H18O3Si. The van der Waals surface area contributed by atoms with Crippen LogP contribution < -0.4 is 0 Å². The minimum Gasteiger partial charge on any atom is -0.466 e. The second-order valence-corrected chi connectivity index (χ2v) is 9.92. The molecule has 0 aromatic carbocycles. The van der Waals surface area contributed by atoms with E-state index in [0.717, 1.165) is 0 Å². The highest BCUT2D eigenvalue weighted by Crippen LogP contribution is 2.11. The van der Waals surface area contributed by atoms with Gasteiger partial charge in [-0.05, 0) is 13.8 Å². The molecule has 0 N–H and O–H groups in total. The van der Waals surface area contributed by atoms with Gasteiger partial charge in [-0.1, -0.05) is 19.6 Å². The molecule has 0 rings (SSSR count). The van der Waals surface area contributed by atoms with Crippen LogP contribution in [0.3, 0.4) is 0 Å². The smallest absolute Gasteiger partial charge is 0.313 e. The van der Waals surface area contributed by atoms with Gasteiger partial charge in [0.15, 0.2) is 0 Å². The van der Waals surface area contributed by atoms with Gasteiger partial charge in [0.05, 0.1) is 13.8 Å². The molecule has 0 saturated heterocycles. The summed E-state index contributed by atoms with van der Waals surface area (Å²) in [5.41, 5.74) is -0.0284. The molecule has 4 heteroatoms. The average Bonchev–Trinajstić information content (AvgIpc) is 1.82. The molecule has 0 saturated carbocycles. The third kappa shape index (κ3) is 5.57. The number of carbonyl (C=O) groups excluding carboxylic acids is 2. The van der Waals surface area contributed by atoms with Crippen molar-refractivity contribution in [2.45, 2.75) is 45.6 Å². The Morgan fingerprint density at radius 1 is 1.31 bits per heavy atom. The molecule has 0 aliphatic rings. The van der Waals surface area contributed by atoms with E-state index in [0.29, 0.717) is 0 Å². The molecule has 0 spiro atoms. The highest BCUT2D eigenvalue weighted by molar-refractivity contribution is 6.77. The zero-order valence-corrected chi connectivity index (χ0v) is 10.0. The van der Waals surface area contributed by atoms with E-state index in [9.17, 15) is 9.59 Å². The molecule has 76 valence electrons. The minimum absolute atomic E-state index is 0.0284. The lowest BCUT2D eigenvalue weighted by atomic mass is 10.3. The second kappa shape index (κ2) is 4.55. The van der Waals surface area contributed by atoms with Gasteiger partial charge >= 0.3 is 5.97 Å². The van der Waals surface area contributed by atoms with Crippen LogP contribution in [0.5, 0.6) is 0 Å². The maximum Gasteiger partial charge on any atom is 0.313 e.